The fourth-order valence-corrected chi connectivity index (χ4v) is 2.79. The molecule has 7 heteroatoms. The lowest BCUT2D eigenvalue weighted by molar-refractivity contribution is 0.150. The van der Waals surface area contributed by atoms with Gasteiger partial charge in [-0.2, -0.15) is 9.61 Å². The molecule has 2 aromatic heterocycles. The molecule has 1 fully saturated rings. The zero-order valence-electron chi connectivity index (χ0n) is 9.01. The van der Waals surface area contributed by atoms with Crippen LogP contribution in [0.4, 0.5) is 0 Å². The van der Waals surface area contributed by atoms with E-state index in [4.69, 9.17) is 4.74 Å². The van der Waals surface area contributed by atoms with Crippen LogP contribution in [0.25, 0.3) is 4.96 Å². The van der Waals surface area contributed by atoms with E-state index in [0.29, 0.717) is 0 Å². The Morgan fingerprint density at radius 3 is 3.25 bits per heavy atom. The minimum Gasteiger partial charge on any atom is -0.380 e. The third kappa shape index (κ3) is 1.70. The largest absolute Gasteiger partial charge is 0.380 e. The van der Waals surface area contributed by atoms with Crippen molar-refractivity contribution in [2.45, 2.75) is 19.4 Å². The van der Waals surface area contributed by atoms with Crippen molar-refractivity contribution >= 4 is 16.3 Å². The molecule has 1 aliphatic heterocycles. The molecule has 0 saturated carbocycles. The van der Waals surface area contributed by atoms with E-state index in [-0.39, 0.29) is 6.04 Å². The fraction of sp³-hybridized carbons (Fsp3) is 0.667. The van der Waals surface area contributed by atoms with Gasteiger partial charge in [0.15, 0.2) is 5.82 Å². The van der Waals surface area contributed by atoms with Gasteiger partial charge in [0.05, 0.1) is 12.6 Å². The molecule has 0 aliphatic carbocycles. The number of aryl methyl sites for hydroxylation is 1. The molecule has 3 rings (SSSR count). The highest BCUT2D eigenvalue weighted by Crippen LogP contribution is 2.23. The third-order valence-corrected chi connectivity index (χ3v) is 3.66. The Labute approximate surface area is 96.6 Å². The normalized spacial score (nSPS) is 22.4. The smallest absolute Gasteiger partial charge is 0.234 e. The lowest BCUT2D eigenvalue weighted by atomic mass is 10.2. The molecule has 1 atom stereocenters. The molecule has 0 spiro atoms. The predicted molar refractivity (Wildman–Crippen MR) is 59.6 cm³/mol. The number of ether oxygens (including phenoxy) is 1. The van der Waals surface area contributed by atoms with Gasteiger partial charge in [0.25, 0.3) is 0 Å². The van der Waals surface area contributed by atoms with Crippen LogP contribution in [0.3, 0.4) is 0 Å². The van der Waals surface area contributed by atoms with Crippen molar-refractivity contribution in [3.63, 3.8) is 0 Å². The van der Waals surface area contributed by atoms with Crippen LogP contribution in [0.2, 0.25) is 0 Å². The first-order chi connectivity index (χ1) is 7.84. The van der Waals surface area contributed by atoms with E-state index < -0.39 is 0 Å². The molecular weight excluding hydrogens is 226 g/mol. The molecule has 16 heavy (non-hydrogen) atoms. The summed E-state index contributed by atoms with van der Waals surface area (Å²) >= 11 is 1.59. The number of fused-ring (bicyclic) bond motifs is 1. The SMILES string of the molecule is Cc1nnc2sc(C3CCOCCN3)nn12. The summed E-state index contributed by atoms with van der Waals surface area (Å²) in [6.45, 7) is 4.35. The van der Waals surface area contributed by atoms with Crippen molar-refractivity contribution in [2.75, 3.05) is 19.8 Å². The summed E-state index contributed by atoms with van der Waals surface area (Å²) in [5, 5.41) is 17.1. The van der Waals surface area contributed by atoms with Crippen LogP contribution in [0.1, 0.15) is 23.3 Å². The molecule has 1 N–H and O–H groups in total. The molecule has 6 nitrogen and oxygen atoms in total. The van der Waals surface area contributed by atoms with Gasteiger partial charge < -0.3 is 10.1 Å². The second-order valence-electron chi connectivity index (χ2n) is 3.79. The number of nitrogens with one attached hydrogen (secondary N) is 1. The van der Waals surface area contributed by atoms with Crippen molar-refractivity contribution in [2.24, 2.45) is 0 Å². The van der Waals surface area contributed by atoms with E-state index in [0.717, 1.165) is 42.0 Å². The lowest BCUT2D eigenvalue weighted by Crippen LogP contribution is -2.22. The topological polar surface area (TPSA) is 64.3 Å². The molecule has 0 aromatic carbocycles. The van der Waals surface area contributed by atoms with Crippen LogP contribution < -0.4 is 5.32 Å². The molecule has 1 unspecified atom stereocenters. The monoisotopic (exact) mass is 239 g/mol. The number of aromatic nitrogens is 4. The maximum absolute atomic E-state index is 5.41. The van der Waals surface area contributed by atoms with Gasteiger partial charge in [0.2, 0.25) is 4.96 Å². The van der Waals surface area contributed by atoms with Crippen LogP contribution in [0, 0.1) is 6.92 Å². The first-order valence-corrected chi connectivity index (χ1v) is 6.16. The van der Waals surface area contributed by atoms with Crippen molar-refractivity contribution in [3.8, 4) is 0 Å². The summed E-state index contributed by atoms with van der Waals surface area (Å²) in [5.41, 5.74) is 0. The predicted octanol–water partition coefficient (Wildman–Crippen LogP) is 0.545. The lowest BCUT2D eigenvalue weighted by Gasteiger charge is -2.10. The maximum Gasteiger partial charge on any atom is 0.234 e. The Balaban J connectivity index is 1.92. The van der Waals surface area contributed by atoms with Crippen molar-refractivity contribution in [3.05, 3.63) is 10.8 Å². The Morgan fingerprint density at radius 1 is 1.44 bits per heavy atom. The Kier molecular flexibility index (Phi) is 2.58. The van der Waals surface area contributed by atoms with Gasteiger partial charge in [-0.15, -0.1) is 10.2 Å². The second-order valence-corrected chi connectivity index (χ2v) is 4.78. The van der Waals surface area contributed by atoms with Crippen molar-refractivity contribution < 1.29 is 4.74 Å². The zero-order chi connectivity index (χ0) is 11.0. The summed E-state index contributed by atoms with van der Waals surface area (Å²) in [7, 11) is 0. The Morgan fingerprint density at radius 2 is 2.38 bits per heavy atom. The van der Waals surface area contributed by atoms with Gasteiger partial charge in [0, 0.05) is 13.2 Å². The number of hydrogen-bond acceptors (Lipinski definition) is 6. The summed E-state index contributed by atoms with van der Waals surface area (Å²) in [6, 6.07) is 0.286. The van der Waals surface area contributed by atoms with Crippen LogP contribution >= 0.6 is 11.3 Å². The fourth-order valence-electron chi connectivity index (χ4n) is 1.79. The van der Waals surface area contributed by atoms with Gasteiger partial charge in [-0.1, -0.05) is 11.3 Å². The van der Waals surface area contributed by atoms with Gasteiger partial charge in [-0.3, -0.25) is 0 Å². The van der Waals surface area contributed by atoms with Crippen LogP contribution in [0.15, 0.2) is 0 Å². The van der Waals surface area contributed by atoms with E-state index in [2.05, 4.69) is 20.6 Å². The third-order valence-electron chi connectivity index (χ3n) is 2.65. The molecule has 86 valence electrons. The number of nitrogens with zero attached hydrogens (tertiary/aromatic N) is 4. The van der Waals surface area contributed by atoms with Crippen molar-refractivity contribution in [1.29, 1.82) is 0 Å². The van der Waals surface area contributed by atoms with Gasteiger partial charge in [-0.25, -0.2) is 0 Å². The average Bonchev–Trinajstić information content (AvgIpc) is 2.72. The number of hydrogen-bond donors (Lipinski definition) is 1. The van der Waals surface area contributed by atoms with Crippen LogP contribution in [0.5, 0.6) is 0 Å². The number of rotatable bonds is 1. The minimum absolute atomic E-state index is 0.286. The highest BCUT2D eigenvalue weighted by Gasteiger charge is 2.19. The van der Waals surface area contributed by atoms with Gasteiger partial charge in [-0.05, 0) is 13.3 Å². The minimum atomic E-state index is 0.286. The summed E-state index contributed by atoms with van der Waals surface area (Å²) < 4.78 is 7.20. The molecular formula is C9H13N5OS. The van der Waals surface area contributed by atoms with Gasteiger partial charge >= 0.3 is 0 Å². The van der Waals surface area contributed by atoms with Crippen LogP contribution in [-0.4, -0.2) is 39.6 Å². The molecule has 2 aromatic rings. The van der Waals surface area contributed by atoms with E-state index in [1.807, 2.05) is 6.92 Å². The highest BCUT2D eigenvalue weighted by atomic mass is 32.1. The molecule has 0 radical (unpaired) electrons. The standard InChI is InChI=1S/C9H13N5OS/c1-6-11-12-9-14(6)13-8(16-9)7-2-4-15-5-3-10-7/h7,10H,2-5H2,1H3. The van der Waals surface area contributed by atoms with E-state index in [9.17, 15) is 0 Å². The first kappa shape index (κ1) is 10.1. The summed E-state index contributed by atoms with van der Waals surface area (Å²) in [5.74, 6) is 0.836. The Hall–Kier alpha value is -1.05. The molecule has 1 aliphatic rings. The van der Waals surface area contributed by atoms with Gasteiger partial charge in [0.1, 0.15) is 5.01 Å². The van der Waals surface area contributed by atoms with Crippen molar-refractivity contribution in [1.82, 2.24) is 25.1 Å². The Bertz CT molecular complexity index is 485. The zero-order valence-corrected chi connectivity index (χ0v) is 9.83. The van der Waals surface area contributed by atoms with E-state index in [1.165, 1.54) is 0 Å². The highest BCUT2D eigenvalue weighted by molar-refractivity contribution is 7.16. The van der Waals surface area contributed by atoms with E-state index >= 15 is 0 Å². The first-order valence-electron chi connectivity index (χ1n) is 5.34. The second kappa shape index (κ2) is 4.08. The summed E-state index contributed by atoms with van der Waals surface area (Å²) in [4.78, 5) is 0.861. The quantitative estimate of drug-likeness (QED) is 0.787. The average molecular weight is 239 g/mol. The van der Waals surface area contributed by atoms with Crippen LogP contribution in [-0.2, 0) is 4.74 Å². The molecule has 0 amide bonds. The summed E-state index contributed by atoms with van der Waals surface area (Å²) in [6.07, 6.45) is 0.961. The molecule has 0 bridgehead atoms. The molecule has 1 saturated heterocycles. The maximum atomic E-state index is 5.41. The van der Waals surface area contributed by atoms with E-state index in [1.54, 1.807) is 15.9 Å². The molecule has 3 heterocycles.